The Balaban J connectivity index is 2.00. The largest absolute Gasteiger partial charge is 0.394 e. The topological polar surface area (TPSA) is 96.5 Å². The predicted molar refractivity (Wildman–Crippen MR) is 71.3 cm³/mol. The molecule has 3 rings (SSSR count). The molecular weight excluding hydrogens is 262 g/mol. The number of nitrogens with zero attached hydrogens (tertiary/aromatic N) is 5. The highest BCUT2D eigenvalue weighted by atomic mass is 16.5. The summed E-state index contributed by atoms with van der Waals surface area (Å²) in [6.07, 6.45) is 1.88. The second-order valence-electron chi connectivity index (χ2n) is 5.03. The molecule has 1 fully saturated rings. The number of aliphatic hydroxyl groups is 2. The number of aliphatic hydroxyl groups excluding tert-OH is 2. The van der Waals surface area contributed by atoms with E-state index < -0.39 is 12.2 Å². The van der Waals surface area contributed by atoms with Gasteiger partial charge in [-0.2, -0.15) is 0 Å². The van der Waals surface area contributed by atoms with Gasteiger partial charge in [-0.1, -0.05) is 0 Å². The lowest BCUT2D eigenvalue weighted by molar-refractivity contribution is -0.0432. The van der Waals surface area contributed by atoms with Crippen LogP contribution in [-0.2, 0) is 4.74 Å². The number of rotatable bonds is 3. The van der Waals surface area contributed by atoms with Crippen molar-refractivity contribution in [3.8, 4) is 0 Å². The van der Waals surface area contributed by atoms with Crippen molar-refractivity contribution in [2.45, 2.75) is 24.9 Å². The Morgan fingerprint density at radius 2 is 2.20 bits per heavy atom. The molecule has 2 aromatic rings. The third-order valence-electron chi connectivity index (χ3n) is 3.46. The van der Waals surface area contributed by atoms with Gasteiger partial charge in [0.05, 0.1) is 19.0 Å². The fourth-order valence-corrected chi connectivity index (χ4v) is 2.43. The Morgan fingerprint density at radius 1 is 1.40 bits per heavy atom. The van der Waals surface area contributed by atoms with Crippen molar-refractivity contribution >= 4 is 17.0 Å². The standard InChI is InChI=1S/C12H17N5O3/c1-16(2)11-10-12(14-5-13-11)17(6-15-10)9-3-7(19)8(4-18)20-9/h5-9,18-19H,3-4H2,1-2H3/t7-,8+,9+/m1/s1. The quantitative estimate of drug-likeness (QED) is 0.784. The third kappa shape index (κ3) is 2.01. The van der Waals surface area contributed by atoms with Crippen LogP contribution in [0.2, 0.25) is 0 Å². The molecule has 0 radical (unpaired) electrons. The maximum atomic E-state index is 9.81. The lowest BCUT2D eigenvalue weighted by Gasteiger charge is -2.14. The van der Waals surface area contributed by atoms with Gasteiger partial charge in [-0.05, 0) is 0 Å². The first kappa shape index (κ1) is 13.2. The van der Waals surface area contributed by atoms with E-state index in [-0.39, 0.29) is 12.8 Å². The van der Waals surface area contributed by atoms with Crippen LogP contribution in [0.25, 0.3) is 11.2 Å². The van der Waals surface area contributed by atoms with Crippen LogP contribution in [0, 0.1) is 0 Å². The Morgan fingerprint density at radius 3 is 2.85 bits per heavy atom. The number of aromatic nitrogens is 4. The highest BCUT2D eigenvalue weighted by Crippen LogP contribution is 2.31. The number of fused-ring (bicyclic) bond motifs is 1. The summed E-state index contributed by atoms with van der Waals surface area (Å²) in [6.45, 7) is -0.206. The van der Waals surface area contributed by atoms with Crippen LogP contribution in [0.4, 0.5) is 5.82 Å². The van der Waals surface area contributed by atoms with E-state index in [1.165, 1.54) is 6.33 Å². The highest BCUT2D eigenvalue weighted by Gasteiger charge is 2.35. The summed E-state index contributed by atoms with van der Waals surface area (Å²) >= 11 is 0. The minimum atomic E-state index is -0.683. The number of anilines is 1. The number of hydrogen-bond acceptors (Lipinski definition) is 7. The second-order valence-corrected chi connectivity index (χ2v) is 5.03. The summed E-state index contributed by atoms with van der Waals surface area (Å²) in [4.78, 5) is 14.6. The molecule has 0 aromatic carbocycles. The first-order chi connectivity index (χ1) is 9.61. The van der Waals surface area contributed by atoms with Crippen LogP contribution in [-0.4, -0.2) is 62.6 Å². The summed E-state index contributed by atoms with van der Waals surface area (Å²) in [5, 5.41) is 19.0. The molecule has 108 valence electrons. The predicted octanol–water partition coefficient (Wildman–Crippen LogP) is -0.467. The molecule has 0 spiro atoms. The molecule has 20 heavy (non-hydrogen) atoms. The zero-order valence-electron chi connectivity index (χ0n) is 11.3. The molecule has 3 heterocycles. The van der Waals surface area contributed by atoms with Gasteiger partial charge in [0.25, 0.3) is 0 Å². The number of hydrogen-bond donors (Lipinski definition) is 2. The van der Waals surface area contributed by atoms with Gasteiger partial charge in [0.15, 0.2) is 17.0 Å². The minimum absolute atomic E-state index is 0.206. The highest BCUT2D eigenvalue weighted by molar-refractivity contribution is 5.83. The van der Waals surface area contributed by atoms with E-state index >= 15 is 0 Å². The zero-order chi connectivity index (χ0) is 14.3. The van der Waals surface area contributed by atoms with E-state index in [4.69, 9.17) is 9.84 Å². The van der Waals surface area contributed by atoms with Crippen molar-refractivity contribution in [1.29, 1.82) is 0 Å². The molecule has 8 heteroatoms. The Labute approximate surface area is 115 Å². The molecule has 0 amide bonds. The molecule has 1 aliphatic rings. The van der Waals surface area contributed by atoms with Gasteiger partial charge in [0.2, 0.25) is 0 Å². The van der Waals surface area contributed by atoms with Gasteiger partial charge < -0.3 is 19.8 Å². The van der Waals surface area contributed by atoms with Crippen molar-refractivity contribution in [2.75, 3.05) is 25.6 Å². The molecule has 8 nitrogen and oxygen atoms in total. The monoisotopic (exact) mass is 279 g/mol. The van der Waals surface area contributed by atoms with Crippen LogP contribution in [0.1, 0.15) is 12.6 Å². The van der Waals surface area contributed by atoms with E-state index in [0.717, 1.165) is 5.82 Å². The molecule has 0 unspecified atom stereocenters. The normalized spacial score (nSPS) is 26.3. The molecular formula is C12H17N5O3. The van der Waals surface area contributed by atoms with Crippen molar-refractivity contribution in [1.82, 2.24) is 19.5 Å². The van der Waals surface area contributed by atoms with Crippen LogP contribution in [0.15, 0.2) is 12.7 Å². The van der Waals surface area contributed by atoms with Gasteiger partial charge >= 0.3 is 0 Å². The van der Waals surface area contributed by atoms with E-state index in [1.54, 1.807) is 10.9 Å². The van der Waals surface area contributed by atoms with Gasteiger partial charge in [0.1, 0.15) is 18.7 Å². The smallest absolute Gasteiger partial charge is 0.167 e. The average molecular weight is 279 g/mol. The molecule has 1 aliphatic heterocycles. The van der Waals surface area contributed by atoms with Gasteiger partial charge in [0, 0.05) is 20.5 Å². The van der Waals surface area contributed by atoms with E-state index in [0.29, 0.717) is 17.6 Å². The second kappa shape index (κ2) is 4.97. The molecule has 2 N–H and O–H groups in total. The first-order valence-electron chi connectivity index (χ1n) is 6.41. The van der Waals surface area contributed by atoms with Crippen LogP contribution >= 0.6 is 0 Å². The first-order valence-corrected chi connectivity index (χ1v) is 6.41. The van der Waals surface area contributed by atoms with Crippen LogP contribution in [0.5, 0.6) is 0 Å². The maximum Gasteiger partial charge on any atom is 0.167 e. The maximum absolute atomic E-state index is 9.81. The zero-order valence-corrected chi connectivity index (χ0v) is 11.3. The van der Waals surface area contributed by atoms with Crippen molar-refractivity contribution in [3.05, 3.63) is 12.7 Å². The molecule has 2 aromatic heterocycles. The number of ether oxygens (including phenoxy) is 1. The molecule has 0 saturated carbocycles. The molecule has 3 atom stereocenters. The Bertz CT molecular complexity index is 614. The summed E-state index contributed by atoms with van der Waals surface area (Å²) in [5.41, 5.74) is 1.34. The summed E-state index contributed by atoms with van der Waals surface area (Å²) in [6, 6.07) is 0. The van der Waals surface area contributed by atoms with Crippen molar-refractivity contribution in [2.24, 2.45) is 0 Å². The van der Waals surface area contributed by atoms with Gasteiger partial charge in [-0.25, -0.2) is 15.0 Å². The summed E-state index contributed by atoms with van der Waals surface area (Å²) in [5.74, 6) is 0.728. The van der Waals surface area contributed by atoms with E-state index in [2.05, 4.69) is 15.0 Å². The summed E-state index contributed by atoms with van der Waals surface area (Å²) < 4.78 is 7.39. The fraction of sp³-hybridized carbons (Fsp3) is 0.583. The van der Waals surface area contributed by atoms with Crippen LogP contribution < -0.4 is 4.90 Å². The van der Waals surface area contributed by atoms with Crippen molar-refractivity contribution in [3.63, 3.8) is 0 Å². The SMILES string of the molecule is CN(C)c1ncnc2c1ncn2[C@@H]1C[C@@H](O)[C@H](CO)O1. The fourth-order valence-electron chi connectivity index (χ4n) is 2.43. The van der Waals surface area contributed by atoms with E-state index in [9.17, 15) is 5.11 Å². The average Bonchev–Trinajstić information content (AvgIpc) is 3.01. The van der Waals surface area contributed by atoms with Gasteiger partial charge in [-0.3, -0.25) is 4.57 Å². The third-order valence-corrected chi connectivity index (χ3v) is 3.46. The summed E-state index contributed by atoms with van der Waals surface area (Å²) in [7, 11) is 3.77. The Kier molecular flexibility index (Phi) is 3.28. The lowest BCUT2D eigenvalue weighted by atomic mass is 10.2. The molecule has 1 saturated heterocycles. The Hall–Kier alpha value is -1.77. The molecule has 0 aliphatic carbocycles. The van der Waals surface area contributed by atoms with Crippen LogP contribution in [0.3, 0.4) is 0 Å². The minimum Gasteiger partial charge on any atom is -0.394 e. The molecule has 0 bridgehead atoms. The van der Waals surface area contributed by atoms with Gasteiger partial charge in [-0.15, -0.1) is 0 Å². The van der Waals surface area contributed by atoms with E-state index in [1.807, 2.05) is 19.0 Å². The number of imidazole rings is 1. The van der Waals surface area contributed by atoms with Crippen molar-refractivity contribution < 1.29 is 14.9 Å². The lowest BCUT2D eigenvalue weighted by Crippen LogP contribution is -2.24.